The molecule has 0 saturated carbocycles. The van der Waals surface area contributed by atoms with Crippen molar-refractivity contribution in [1.29, 1.82) is 0 Å². The zero-order valence-corrected chi connectivity index (χ0v) is 13.5. The van der Waals surface area contributed by atoms with Gasteiger partial charge in [-0.2, -0.15) is 0 Å². The molecule has 0 saturated heterocycles. The Bertz CT molecular complexity index is 669. The van der Waals surface area contributed by atoms with Crippen LogP contribution in [0.5, 0.6) is 11.5 Å². The fourth-order valence-corrected chi connectivity index (χ4v) is 2.35. The van der Waals surface area contributed by atoms with Gasteiger partial charge in [-0.1, -0.05) is 44.5 Å². The number of ether oxygens (including phenoxy) is 1. The number of aldehydes is 1. The third-order valence-electron chi connectivity index (χ3n) is 3.26. The molecule has 3 heteroatoms. The third-order valence-corrected chi connectivity index (χ3v) is 3.55. The van der Waals surface area contributed by atoms with Crippen LogP contribution in [0.4, 0.5) is 0 Å². The second kappa shape index (κ2) is 5.90. The predicted octanol–water partition coefficient (Wildman–Crippen LogP) is 5.55. The lowest BCUT2D eigenvalue weighted by Crippen LogP contribution is -2.12. The number of aryl methyl sites for hydroxylation is 1. The Kier molecular flexibility index (Phi) is 4.38. The van der Waals surface area contributed by atoms with E-state index in [1.807, 2.05) is 13.0 Å². The van der Waals surface area contributed by atoms with Crippen LogP contribution in [-0.2, 0) is 5.41 Å². The van der Waals surface area contributed by atoms with Crippen LogP contribution in [0.3, 0.4) is 0 Å². The van der Waals surface area contributed by atoms with Crippen LogP contribution >= 0.6 is 11.6 Å². The molecule has 2 aromatic carbocycles. The molecule has 0 aliphatic carbocycles. The highest BCUT2D eigenvalue weighted by atomic mass is 35.5. The maximum Gasteiger partial charge on any atom is 0.150 e. The molecule has 2 aromatic rings. The number of rotatable bonds is 3. The molecule has 0 spiro atoms. The van der Waals surface area contributed by atoms with Crippen molar-refractivity contribution >= 4 is 17.9 Å². The van der Waals surface area contributed by atoms with Gasteiger partial charge in [0.2, 0.25) is 0 Å². The van der Waals surface area contributed by atoms with Gasteiger partial charge in [-0.15, -0.1) is 0 Å². The number of carbonyl (C=O) groups is 1. The molecule has 0 atom stereocenters. The molecule has 2 rings (SSSR count). The maximum absolute atomic E-state index is 10.8. The summed E-state index contributed by atoms with van der Waals surface area (Å²) in [4.78, 5) is 10.8. The van der Waals surface area contributed by atoms with Crippen molar-refractivity contribution in [3.05, 3.63) is 58.1 Å². The normalized spacial score (nSPS) is 11.3. The van der Waals surface area contributed by atoms with Gasteiger partial charge >= 0.3 is 0 Å². The first-order chi connectivity index (χ1) is 9.81. The Balaban J connectivity index is 2.44. The second-order valence-electron chi connectivity index (χ2n) is 6.16. The number of carbonyl (C=O) groups excluding carboxylic acids is 1. The largest absolute Gasteiger partial charge is 0.455 e. The summed E-state index contributed by atoms with van der Waals surface area (Å²) < 4.78 is 6.00. The van der Waals surface area contributed by atoms with Gasteiger partial charge in [0.05, 0.1) is 5.02 Å². The standard InChI is InChI=1S/C18H19ClO2/c1-12-5-7-14(18(2,3)4)17(9-12)21-16-8-6-13(11-20)10-15(16)19/h5-11H,1-4H3. The fourth-order valence-electron chi connectivity index (χ4n) is 2.13. The second-order valence-corrected chi connectivity index (χ2v) is 6.57. The first-order valence-corrected chi connectivity index (χ1v) is 7.23. The van der Waals surface area contributed by atoms with Gasteiger partial charge in [-0.3, -0.25) is 4.79 Å². The Morgan fingerprint density at radius 2 is 1.76 bits per heavy atom. The lowest BCUT2D eigenvalue weighted by molar-refractivity contribution is 0.112. The number of halogens is 1. The molecule has 110 valence electrons. The molecule has 21 heavy (non-hydrogen) atoms. The van der Waals surface area contributed by atoms with Crippen LogP contribution in [0.15, 0.2) is 36.4 Å². The molecule has 2 nitrogen and oxygen atoms in total. The molecule has 0 aliphatic heterocycles. The average molecular weight is 303 g/mol. The SMILES string of the molecule is Cc1ccc(C(C)(C)C)c(Oc2ccc(C=O)cc2Cl)c1. The van der Waals surface area contributed by atoms with Crippen LogP contribution < -0.4 is 4.74 Å². The lowest BCUT2D eigenvalue weighted by Gasteiger charge is -2.23. The van der Waals surface area contributed by atoms with E-state index in [4.69, 9.17) is 16.3 Å². The zero-order chi connectivity index (χ0) is 15.6. The third kappa shape index (κ3) is 3.64. The van der Waals surface area contributed by atoms with Crippen molar-refractivity contribution in [3.63, 3.8) is 0 Å². The van der Waals surface area contributed by atoms with Crippen molar-refractivity contribution in [2.24, 2.45) is 0 Å². The van der Waals surface area contributed by atoms with Crippen LogP contribution in [0.25, 0.3) is 0 Å². The van der Waals surface area contributed by atoms with E-state index in [1.54, 1.807) is 18.2 Å². The Labute approximate surface area is 130 Å². The molecule has 0 heterocycles. The van der Waals surface area contributed by atoms with Crippen LogP contribution in [-0.4, -0.2) is 6.29 Å². The van der Waals surface area contributed by atoms with E-state index in [2.05, 4.69) is 32.9 Å². The number of hydrogen-bond acceptors (Lipinski definition) is 2. The minimum absolute atomic E-state index is 0.0295. The Morgan fingerprint density at radius 3 is 2.33 bits per heavy atom. The van der Waals surface area contributed by atoms with Crippen LogP contribution in [0.1, 0.15) is 42.3 Å². The molecule has 0 amide bonds. The summed E-state index contributed by atoms with van der Waals surface area (Å²) in [5.74, 6) is 1.35. The van der Waals surface area contributed by atoms with Gasteiger partial charge in [-0.25, -0.2) is 0 Å². The van der Waals surface area contributed by atoms with Gasteiger partial charge in [0.1, 0.15) is 17.8 Å². The van der Waals surface area contributed by atoms with E-state index in [1.165, 1.54) is 0 Å². The van der Waals surface area contributed by atoms with Gasteiger partial charge < -0.3 is 4.74 Å². The highest BCUT2D eigenvalue weighted by molar-refractivity contribution is 6.32. The van der Waals surface area contributed by atoms with E-state index in [-0.39, 0.29) is 5.41 Å². The van der Waals surface area contributed by atoms with Crippen LogP contribution in [0.2, 0.25) is 5.02 Å². The summed E-state index contributed by atoms with van der Waals surface area (Å²) >= 11 is 6.18. The molecule has 0 fully saturated rings. The Hall–Kier alpha value is -1.80. The Morgan fingerprint density at radius 1 is 1.05 bits per heavy atom. The van der Waals surface area contributed by atoms with E-state index in [0.717, 1.165) is 23.2 Å². The molecule has 0 N–H and O–H groups in total. The molecule has 0 radical (unpaired) electrons. The summed E-state index contributed by atoms with van der Waals surface area (Å²) in [5.41, 5.74) is 2.74. The highest BCUT2D eigenvalue weighted by Gasteiger charge is 2.20. The monoisotopic (exact) mass is 302 g/mol. The zero-order valence-electron chi connectivity index (χ0n) is 12.7. The summed E-state index contributed by atoms with van der Waals surface area (Å²) in [7, 11) is 0. The quantitative estimate of drug-likeness (QED) is 0.695. The summed E-state index contributed by atoms with van der Waals surface area (Å²) in [5, 5.41) is 0.431. The van der Waals surface area contributed by atoms with Crippen molar-refractivity contribution < 1.29 is 9.53 Å². The first kappa shape index (κ1) is 15.6. The number of hydrogen-bond donors (Lipinski definition) is 0. The summed E-state index contributed by atoms with van der Waals surface area (Å²) in [6, 6.07) is 11.2. The predicted molar refractivity (Wildman–Crippen MR) is 86.8 cm³/mol. The van der Waals surface area contributed by atoms with Gasteiger partial charge in [-0.05, 0) is 42.2 Å². The van der Waals surface area contributed by atoms with Gasteiger partial charge in [0.15, 0.2) is 0 Å². The number of benzene rings is 2. The van der Waals surface area contributed by atoms with Gasteiger partial charge in [0, 0.05) is 11.1 Å². The maximum atomic E-state index is 10.8. The molecular weight excluding hydrogens is 284 g/mol. The van der Waals surface area contributed by atoms with Crippen molar-refractivity contribution in [2.45, 2.75) is 33.1 Å². The van der Waals surface area contributed by atoms with Crippen molar-refractivity contribution in [3.8, 4) is 11.5 Å². The van der Waals surface area contributed by atoms with Crippen molar-refractivity contribution in [1.82, 2.24) is 0 Å². The minimum atomic E-state index is -0.0295. The van der Waals surface area contributed by atoms with Crippen LogP contribution in [0, 0.1) is 6.92 Å². The molecule has 0 bridgehead atoms. The minimum Gasteiger partial charge on any atom is -0.455 e. The molecular formula is C18H19ClO2. The van der Waals surface area contributed by atoms with E-state index in [0.29, 0.717) is 16.3 Å². The summed E-state index contributed by atoms with van der Waals surface area (Å²) in [6.45, 7) is 8.45. The van der Waals surface area contributed by atoms with E-state index in [9.17, 15) is 4.79 Å². The van der Waals surface area contributed by atoms with E-state index >= 15 is 0 Å². The molecule has 0 unspecified atom stereocenters. The van der Waals surface area contributed by atoms with E-state index < -0.39 is 0 Å². The average Bonchev–Trinajstić information content (AvgIpc) is 2.39. The fraction of sp³-hybridized carbons (Fsp3) is 0.278. The lowest BCUT2D eigenvalue weighted by atomic mass is 9.86. The summed E-state index contributed by atoms with van der Waals surface area (Å²) in [6.07, 6.45) is 0.767. The van der Waals surface area contributed by atoms with Gasteiger partial charge in [0.25, 0.3) is 0 Å². The molecule has 0 aliphatic rings. The highest BCUT2D eigenvalue weighted by Crippen LogP contribution is 2.37. The van der Waals surface area contributed by atoms with Crippen molar-refractivity contribution in [2.75, 3.05) is 0 Å². The molecule has 0 aromatic heterocycles. The smallest absolute Gasteiger partial charge is 0.150 e. The topological polar surface area (TPSA) is 26.3 Å². The first-order valence-electron chi connectivity index (χ1n) is 6.85.